The third-order valence-electron chi connectivity index (χ3n) is 1.65. The molecule has 0 amide bonds. The van der Waals surface area contributed by atoms with Crippen molar-refractivity contribution in [2.24, 2.45) is 0 Å². The summed E-state index contributed by atoms with van der Waals surface area (Å²) in [6.45, 7) is 0. The summed E-state index contributed by atoms with van der Waals surface area (Å²) in [5.41, 5.74) is 0.733. The number of hydrogen-bond acceptors (Lipinski definition) is 2. The molecule has 1 aromatic heterocycles. The summed E-state index contributed by atoms with van der Waals surface area (Å²) in [6, 6.07) is 7.74. The summed E-state index contributed by atoms with van der Waals surface area (Å²) >= 11 is 5.04. The lowest BCUT2D eigenvalue weighted by atomic mass is 10.2. The highest BCUT2D eigenvalue weighted by Crippen LogP contribution is 2.29. The SMILES string of the molecule is O=Cc1ccc2cc(Br)sc2c1. The summed E-state index contributed by atoms with van der Waals surface area (Å²) in [6.07, 6.45) is 0.868. The molecule has 1 nitrogen and oxygen atoms in total. The van der Waals surface area contributed by atoms with Crippen molar-refractivity contribution in [2.45, 2.75) is 0 Å². The zero-order valence-corrected chi connectivity index (χ0v) is 8.48. The highest BCUT2D eigenvalue weighted by atomic mass is 79.9. The van der Waals surface area contributed by atoms with Gasteiger partial charge in [0.05, 0.1) is 3.79 Å². The number of thiophene rings is 1. The van der Waals surface area contributed by atoms with Crippen LogP contribution in [0.5, 0.6) is 0 Å². The number of aldehydes is 1. The van der Waals surface area contributed by atoms with Gasteiger partial charge in [-0.1, -0.05) is 12.1 Å². The molecule has 0 spiro atoms. The van der Waals surface area contributed by atoms with Crippen molar-refractivity contribution in [3.8, 4) is 0 Å². The molecule has 0 bridgehead atoms. The molecule has 0 aliphatic carbocycles. The van der Waals surface area contributed by atoms with Gasteiger partial charge in [0.2, 0.25) is 0 Å². The third kappa shape index (κ3) is 1.30. The predicted molar refractivity (Wildman–Crippen MR) is 54.9 cm³/mol. The predicted octanol–water partition coefficient (Wildman–Crippen LogP) is 3.48. The van der Waals surface area contributed by atoms with E-state index in [1.54, 1.807) is 11.3 Å². The van der Waals surface area contributed by atoms with Crippen molar-refractivity contribution in [1.29, 1.82) is 0 Å². The maximum absolute atomic E-state index is 10.4. The second kappa shape index (κ2) is 2.99. The average Bonchev–Trinajstić information content (AvgIpc) is 2.43. The number of carbonyl (C=O) groups is 1. The number of hydrogen-bond donors (Lipinski definition) is 0. The van der Waals surface area contributed by atoms with E-state index in [1.165, 1.54) is 5.39 Å². The molecule has 0 saturated heterocycles. The van der Waals surface area contributed by atoms with Crippen LogP contribution in [0.25, 0.3) is 10.1 Å². The molecule has 3 heteroatoms. The molecule has 0 unspecified atom stereocenters. The van der Waals surface area contributed by atoms with Gasteiger partial charge in [0.1, 0.15) is 6.29 Å². The van der Waals surface area contributed by atoms with Crippen LogP contribution in [0.2, 0.25) is 0 Å². The van der Waals surface area contributed by atoms with Crippen LogP contribution in [0.1, 0.15) is 10.4 Å². The van der Waals surface area contributed by atoms with Gasteiger partial charge < -0.3 is 0 Å². The Balaban J connectivity index is 2.74. The molecule has 0 atom stereocenters. The molecule has 0 fully saturated rings. The third-order valence-corrected chi connectivity index (χ3v) is 3.25. The van der Waals surface area contributed by atoms with Gasteiger partial charge in [0.25, 0.3) is 0 Å². The fraction of sp³-hybridized carbons (Fsp3) is 0. The molecule has 0 N–H and O–H groups in total. The van der Waals surface area contributed by atoms with Crippen LogP contribution < -0.4 is 0 Å². The average molecular weight is 241 g/mol. The summed E-state index contributed by atoms with van der Waals surface area (Å²) in [7, 11) is 0. The van der Waals surface area contributed by atoms with E-state index in [0.717, 1.165) is 20.3 Å². The second-order valence-corrected chi connectivity index (χ2v) is 4.93. The van der Waals surface area contributed by atoms with Gasteiger partial charge in [-0.05, 0) is 33.4 Å². The number of carbonyl (C=O) groups excluding carboxylic acids is 1. The monoisotopic (exact) mass is 240 g/mol. The van der Waals surface area contributed by atoms with E-state index in [0.29, 0.717) is 0 Å². The van der Waals surface area contributed by atoms with Gasteiger partial charge in [0.15, 0.2) is 0 Å². The van der Waals surface area contributed by atoms with Crippen molar-refractivity contribution in [3.63, 3.8) is 0 Å². The summed E-state index contributed by atoms with van der Waals surface area (Å²) < 4.78 is 2.24. The maximum atomic E-state index is 10.4. The van der Waals surface area contributed by atoms with Crippen LogP contribution in [0.15, 0.2) is 28.1 Å². The van der Waals surface area contributed by atoms with Crippen LogP contribution in [-0.2, 0) is 0 Å². The summed E-state index contributed by atoms with van der Waals surface area (Å²) in [4.78, 5) is 10.4. The van der Waals surface area contributed by atoms with Crippen molar-refractivity contribution in [1.82, 2.24) is 0 Å². The fourth-order valence-electron chi connectivity index (χ4n) is 1.09. The van der Waals surface area contributed by atoms with E-state index >= 15 is 0 Å². The van der Waals surface area contributed by atoms with Gasteiger partial charge >= 0.3 is 0 Å². The molecule has 0 radical (unpaired) electrons. The largest absolute Gasteiger partial charge is 0.298 e. The molecule has 0 aliphatic rings. The molecule has 0 saturated carbocycles. The lowest BCUT2D eigenvalue weighted by molar-refractivity contribution is 0.112. The Labute approximate surface area is 82.1 Å². The number of benzene rings is 1. The Morgan fingerprint density at radius 2 is 2.17 bits per heavy atom. The lowest BCUT2D eigenvalue weighted by Gasteiger charge is -1.89. The standard InChI is InChI=1S/C9H5BrOS/c10-9-4-7-2-1-6(5-11)3-8(7)12-9/h1-5H. The zero-order valence-electron chi connectivity index (χ0n) is 6.08. The second-order valence-electron chi connectivity index (χ2n) is 2.47. The molecular weight excluding hydrogens is 236 g/mol. The molecule has 2 rings (SSSR count). The Kier molecular flexibility index (Phi) is 1.98. The highest BCUT2D eigenvalue weighted by molar-refractivity contribution is 9.11. The molecule has 2 aromatic rings. The smallest absolute Gasteiger partial charge is 0.150 e. The summed E-state index contributed by atoms with van der Waals surface area (Å²) in [5.74, 6) is 0. The topological polar surface area (TPSA) is 17.1 Å². The van der Waals surface area contributed by atoms with Crippen molar-refractivity contribution < 1.29 is 4.79 Å². The number of fused-ring (bicyclic) bond motifs is 1. The highest BCUT2D eigenvalue weighted by Gasteiger charge is 1.99. The maximum Gasteiger partial charge on any atom is 0.150 e. The van der Waals surface area contributed by atoms with E-state index in [4.69, 9.17) is 0 Å². The van der Waals surface area contributed by atoms with Crippen LogP contribution >= 0.6 is 27.3 Å². The number of rotatable bonds is 1. The van der Waals surface area contributed by atoms with E-state index in [2.05, 4.69) is 22.0 Å². The molecule has 1 heterocycles. The minimum atomic E-state index is 0.733. The molecule has 0 aliphatic heterocycles. The first kappa shape index (κ1) is 7.95. The van der Waals surface area contributed by atoms with Crippen LogP contribution in [0.3, 0.4) is 0 Å². The minimum absolute atomic E-state index is 0.733. The molecule has 12 heavy (non-hydrogen) atoms. The molecule has 60 valence electrons. The Hall–Kier alpha value is -0.670. The van der Waals surface area contributed by atoms with Crippen molar-refractivity contribution in [2.75, 3.05) is 0 Å². The van der Waals surface area contributed by atoms with Gasteiger partial charge in [-0.2, -0.15) is 0 Å². The summed E-state index contributed by atoms with van der Waals surface area (Å²) in [5, 5.41) is 1.18. The van der Waals surface area contributed by atoms with E-state index in [9.17, 15) is 4.79 Å². The normalized spacial score (nSPS) is 10.4. The number of halogens is 1. The Bertz CT molecular complexity index is 433. The van der Waals surface area contributed by atoms with E-state index < -0.39 is 0 Å². The van der Waals surface area contributed by atoms with E-state index in [1.807, 2.05) is 18.2 Å². The fourth-order valence-corrected chi connectivity index (χ4v) is 2.69. The first-order chi connectivity index (χ1) is 5.79. The van der Waals surface area contributed by atoms with Gasteiger partial charge in [-0.25, -0.2) is 0 Å². The van der Waals surface area contributed by atoms with Gasteiger partial charge in [0, 0.05) is 10.3 Å². The van der Waals surface area contributed by atoms with Crippen LogP contribution in [-0.4, -0.2) is 6.29 Å². The molecular formula is C9H5BrOS. The van der Waals surface area contributed by atoms with Gasteiger partial charge in [-0.15, -0.1) is 11.3 Å². The van der Waals surface area contributed by atoms with Gasteiger partial charge in [-0.3, -0.25) is 4.79 Å². The quantitative estimate of drug-likeness (QED) is 0.698. The van der Waals surface area contributed by atoms with E-state index in [-0.39, 0.29) is 0 Å². The first-order valence-electron chi connectivity index (χ1n) is 3.44. The first-order valence-corrected chi connectivity index (χ1v) is 5.05. The van der Waals surface area contributed by atoms with Crippen molar-refractivity contribution in [3.05, 3.63) is 33.6 Å². The molecule has 1 aromatic carbocycles. The van der Waals surface area contributed by atoms with Crippen LogP contribution in [0, 0.1) is 0 Å². The zero-order chi connectivity index (χ0) is 8.55. The Morgan fingerprint density at radius 3 is 2.92 bits per heavy atom. The Morgan fingerprint density at radius 1 is 1.33 bits per heavy atom. The van der Waals surface area contributed by atoms with Crippen molar-refractivity contribution >= 4 is 43.6 Å². The van der Waals surface area contributed by atoms with Crippen LogP contribution in [0.4, 0.5) is 0 Å². The minimum Gasteiger partial charge on any atom is -0.298 e. The lowest BCUT2D eigenvalue weighted by Crippen LogP contribution is -1.75.